The fourth-order valence-corrected chi connectivity index (χ4v) is 1.68. The fraction of sp³-hybridized carbons (Fsp3) is 0.385. The van der Waals surface area contributed by atoms with Crippen molar-refractivity contribution in [3.63, 3.8) is 0 Å². The van der Waals surface area contributed by atoms with Crippen LogP contribution < -0.4 is 5.32 Å². The van der Waals surface area contributed by atoms with Crippen molar-refractivity contribution >= 4 is 0 Å². The summed E-state index contributed by atoms with van der Waals surface area (Å²) in [4.78, 5) is 8.47. The van der Waals surface area contributed by atoms with Crippen LogP contribution in [0.15, 0.2) is 37.1 Å². The van der Waals surface area contributed by atoms with Crippen LogP contribution in [0.1, 0.15) is 24.6 Å². The molecule has 4 heteroatoms. The third-order valence-electron chi connectivity index (χ3n) is 2.51. The second-order valence-corrected chi connectivity index (χ2v) is 4.08. The summed E-state index contributed by atoms with van der Waals surface area (Å²) < 4.78 is 2.08. The first-order valence-electron chi connectivity index (χ1n) is 5.98. The van der Waals surface area contributed by atoms with Gasteiger partial charge in [-0.2, -0.15) is 0 Å². The Morgan fingerprint density at radius 1 is 1.41 bits per heavy atom. The van der Waals surface area contributed by atoms with Gasteiger partial charge in [-0.1, -0.05) is 13.0 Å². The Kier molecular flexibility index (Phi) is 4.27. The summed E-state index contributed by atoms with van der Waals surface area (Å²) in [6, 6.07) is 4.03. The van der Waals surface area contributed by atoms with Gasteiger partial charge in [-0.15, -0.1) is 0 Å². The van der Waals surface area contributed by atoms with E-state index in [0.717, 1.165) is 31.7 Å². The highest BCUT2D eigenvalue weighted by Crippen LogP contribution is 2.02. The van der Waals surface area contributed by atoms with Crippen LogP contribution in [-0.2, 0) is 13.1 Å². The average molecular weight is 230 g/mol. The molecule has 1 N–H and O–H groups in total. The van der Waals surface area contributed by atoms with E-state index in [1.165, 1.54) is 5.56 Å². The highest BCUT2D eigenvalue weighted by molar-refractivity contribution is 5.10. The Hall–Kier alpha value is -1.68. The number of rotatable bonds is 6. The molecule has 0 atom stereocenters. The Bertz CT molecular complexity index is 436. The molecule has 0 aliphatic heterocycles. The minimum atomic E-state index is 0.828. The number of hydrogen-bond donors (Lipinski definition) is 1. The van der Waals surface area contributed by atoms with Crippen molar-refractivity contribution in [3.05, 3.63) is 48.3 Å². The summed E-state index contributed by atoms with van der Waals surface area (Å²) in [7, 11) is 0. The minimum absolute atomic E-state index is 0.828. The first-order valence-corrected chi connectivity index (χ1v) is 5.98. The van der Waals surface area contributed by atoms with Crippen molar-refractivity contribution in [2.45, 2.75) is 26.4 Å². The molecule has 4 nitrogen and oxygen atoms in total. The van der Waals surface area contributed by atoms with Crippen LogP contribution in [0.3, 0.4) is 0 Å². The van der Waals surface area contributed by atoms with Gasteiger partial charge in [0, 0.05) is 25.1 Å². The van der Waals surface area contributed by atoms with Crippen molar-refractivity contribution in [1.82, 2.24) is 19.9 Å². The van der Waals surface area contributed by atoms with E-state index >= 15 is 0 Å². The lowest BCUT2D eigenvalue weighted by Crippen LogP contribution is -2.13. The first kappa shape index (κ1) is 11.8. The molecule has 2 heterocycles. The van der Waals surface area contributed by atoms with E-state index in [9.17, 15) is 0 Å². The number of hydrogen-bond acceptors (Lipinski definition) is 3. The average Bonchev–Trinajstić information content (AvgIpc) is 2.79. The van der Waals surface area contributed by atoms with Crippen LogP contribution in [0.25, 0.3) is 0 Å². The number of pyridine rings is 1. The molecule has 2 aromatic rings. The molecule has 17 heavy (non-hydrogen) atoms. The summed E-state index contributed by atoms with van der Waals surface area (Å²) in [5.41, 5.74) is 2.28. The third-order valence-corrected chi connectivity index (χ3v) is 2.51. The lowest BCUT2D eigenvalue weighted by molar-refractivity contribution is 0.665. The number of aromatic nitrogens is 3. The van der Waals surface area contributed by atoms with E-state index < -0.39 is 0 Å². The van der Waals surface area contributed by atoms with Crippen molar-refractivity contribution < 1.29 is 0 Å². The molecule has 0 bridgehead atoms. The maximum Gasteiger partial charge on any atom is 0.0953 e. The third kappa shape index (κ3) is 3.67. The smallest absolute Gasteiger partial charge is 0.0953 e. The molecule has 0 saturated carbocycles. The zero-order valence-electron chi connectivity index (χ0n) is 10.1. The van der Waals surface area contributed by atoms with Crippen LogP contribution in [0, 0.1) is 0 Å². The summed E-state index contributed by atoms with van der Waals surface area (Å²) in [5, 5.41) is 3.34. The van der Waals surface area contributed by atoms with Gasteiger partial charge in [0.25, 0.3) is 0 Å². The Balaban J connectivity index is 1.90. The summed E-state index contributed by atoms with van der Waals surface area (Å²) >= 11 is 0. The Morgan fingerprint density at radius 2 is 2.35 bits per heavy atom. The summed E-state index contributed by atoms with van der Waals surface area (Å²) in [6.45, 7) is 4.87. The maximum atomic E-state index is 4.36. The number of nitrogens with one attached hydrogen (secondary N) is 1. The second-order valence-electron chi connectivity index (χ2n) is 4.08. The molecule has 0 radical (unpaired) electrons. The van der Waals surface area contributed by atoms with Crippen LogP contribution in [-0.4, -0.2) is 21.1 Å². The molecular formula is C13H18N4. The van der Waals surface area contributed by atoms with Gasteiger partial charge in [0.05, 0.1) is 18.6 Å². The molecule has 0 aromatic carbocycles. The van der Waals surface area contributed by atoms with E-state index in [1.807, 2.05) is 18.6 Å². The van der Waals surface area contributed by atoms with Gasteiger partial charge >= 0.3 is 0 Å². The topological polar surface area (TPSA) is 42.7 Å². The monoisotopic (exact) mass is 230 g/mol. The second kappa shape index (κ2) is 6.15. The largest absolute Gasteiger partial charge is 0.333 e. The lowest BCUT2D eigenvalue weighted by atomic mass is 10.3. The van der Waals surface area contributed by atoms with Gasteiger partial charge in [-0.05, 0) is 24.6 Å². The predicted molar refractivity (Wildman–Crippen MR) is 67.6 cm³/mol. The van der Waals surface area contributed by atoms with Crippen LogP contribution in [0.4, 0.5) is 0 Å². The van der Waals surface area contributed by atoms with Crippen molar-refractivity contribution in [3.8, 4) is 0 Å². The van der Waals surface area contributed by atoms with E-state index in [1.54, 1.807) is 6.20 Å². The fourth-order valence-electron chi connectivity index (χ4n) is 1.68. The van der Waals surface area contributed by atoms with Gasteiger partial charge in [0.1, 0.15) is 0 Å². The lowest BCUT2D eigenvalue weighted by Gasteiger charge is -2.01. The summed E-state index contributed by atoms with van der Waals surface area (Å²) in [6.07, 6.45) is 8.77. The highest BCUT2D eigenvalue weighted by Gasteiger charge is 1.99. The van der Waals surface area contributed by atoms with Crippen LogP contribution in [0.5, 0.6) is 0 Å². The zero-order chi connectivity index (χ0) is 11.9. The van der Waals surface area contributed by atoms with Gasteiger partial charge in [-0.3, -0.25) is 4.98 Å². The van der Waals surface area contributed by atoms with E-state index in [4.69, 9.17) is 0 Å². The van der Waals surface area contributed by atoms with Crippen molar-refractivity contribution in [2.24, 2.45) is 0 Å². The van der Waals surface area contributed by atoms with Crippen molar-refractivity contribution in [1.29, 1.82) is 0 Å². The molecule has 0 amide bonds. The van der Waals surface area contributed by atoms with Gasteiger partial charge in [0.2, 0.25) is 0 Å². The molecule has 0 fully saturated rings. The summed E-state index contributed by atoms with van der Waals surface area (Å²) in [5.74, 6) is 0. The SMILES string of the molecule is CCCNCc1cn(Cc2cccnc2)cn1. The minimum Gasteiger partial charge on any atom is -0.333 e. The molecule has 0 aliphatic carbocycles. The first-order chi connectivity index (χ1) is 8.38. The highest BCUT2D eigenvalue weighted by atomic mass is 15.0. The van der Waals surface area contributed by atoms with Gasteiger partial charge < -0.3 is 9.88 Å². The van der Waals surface area contributed by atoms with E-state index in [2.05, 4.69) is 39.0 Å². The van der Waals surface area contributed by atoms with Crippen LogP contribution >= 0.6 is 0 Å². The standard InChI is InChI=1S/C13H18N4/c1-2-5-14-8-13-10-17(11-16-13)9-12-4-3-6-15-7-12/h3-4,6-7,10-11,14H,2,5,8-9H2,1H3. The molecule has 0 unspecified atom stereocenters. The Morgan fingerprint density at radius 3 is 3.12 bits per heavy atom. The van der Waals surface area contributed by atoms with Gasteiger partial charge in [0.15, 0.2) is 0 Å². The van der Waals surface area contributed by atoms with E-state index in [0.29, 0.717) is 0 Å². The Labute approximate surface area is 102 Å². The normalized spacial score (nSPS) is 10.6. The molecule has 0 saturated heterocycles. The maximum absolute atomic E-state index is 4.36. The van der Waals surface area contributed by atoms with Gasteiger partial charge in [-0.25, -0.2) is 4.98 Å². The molecule has 0 aliphatic rings. The molecule has 0 spiro atoms. The van der Waals surface area contributed by atoms with Crippen molar-refractivity contribution in [2.75, 3.05) is 6.54 Å². The number of nitrogens with zero attached hydrogens (tertiary/aromatic N) is 3. The van der Waals surface area contributed by atoms with Crippen LogP contribution in [0.2, 0.25) is 0 Å². The zero-order valence-corrected chi connectivity index (χ0v) is 10.1. The molecule has 90 valence electrons. The molecule has 2 aromatic heterocycles. The van der Waals surface area contributed by atoms with E-state index in [-0.39, 0.29) is 0 Å². The molecular weight excluding hydrogens is 212 g/mol. The quantitative estimate of drug-likeness (QED) is 0.770. The number of imidazole rings is 1. The molecule has 2 rings (SSSR count). The predicted octanol–water partition coefficient (Wildman–Crippen LogP) is 1.83.